The molecule has 4 aromatic rings. The minimum Gasteiger partial charge on any atom is -0.406 e. The third kappa shape index (κ3) is 4.15. The van der Waals surface area contributed by atoms with Gasteiger partial charge in [0.1, 0.15) is 17.2 Å². The van der Waals surface area contributed by atoms with E-state index in [0.29, 0.717) is 16.6 Å². The van der Waals surface area contributed by atoms with E-state index in [1.54, 1.807) is 18.6 Å². The Morgan fingerprint density at radius 1 is 1.12 bits per heavy atom. The Kier molecular flexibility index (Phi) is 5.16. The summed E-state index contributed by atoms with van der Waals surface area (Å²) in [5.74, 6) is -1.88. The molecule has 1 aromatic carbocycles. The highest BCUT2D eigenvalue weighted by molar-refractivity contribution is 6.07. The Morgan fingerprint density at radius 2 is 1.91 bits per heavy atom. The van der Waals surface area contributed by atoms with E-state index in [2.05, 4.69) is 25.2 Å². The molecule has 0 saturated carbocycles. The van der Waals surface area contributed by atoms with Crippen molar-refractivity contribution in [1.29, 1.82) is 0 Å². The Bertz CT molecular complexity index is 1480. The third-order valence-corrected chi connectivity index (χ3v) is 5.22. The van der Waals surface area contributed by atoms with Crippen LogP contribution in [-0.2, 0) is 4.79 Å². The van der Waals surface area contributed by atoms with Gasteiger partial charge in [-0.2, -0.15) is 5.10 Å². The molecule has 0 radical (unpaired) electrons. The summed E-state index contributed by atoms with van der Waals surface area (Å²) in [5.41, 5.74) is 3.03. The lowest BCUT2D eigenvalue weighted by Gasteiger charge is -2.13. The average molecular weight is 469 g/mol. The molecule has 7 nitrogen and oxygen atoms in total. The van der Waals surface area contributed by atoms with Gasteiger partial charge >= 0.3 is 6.36 Å². The van der Waals surface area contributed by atoms with E-state index in [4.69, 9.17) is 0 Å². The number of hydrogen-bond donors (Lipinski definition) is 2. The van der Waals surface area contributed by atoms with E-state index >= 15 is 0 Å². The van der Waals surface area contributed by atoms with Crippen molar-refractivity contribution in [1.82, 2.24) is 19.6 Å². The van der Waals surface area contributed by atoms with Crippen molar-refractivity contribution in [2.75, 3.05) is 5.32 Å². The number of H-pyrrole nitrogens is 1. The first-order chi connectivity index (χ1) is 16.3. The summed E-state index contributed by atoms with van der Waals surface area (Å²) in [6, 6.07) is 8.31. The number of alkyl halides is 3. The van der Waals surface area contributed by atoms with E-state index in [9.17, 15) is 22.4 Å². The van der Waals surface area contributed by atoms with Crippen molar-refractivity contribution in [3.8, 4) is 17.0 Å². The topological polar surface area (TPSA) is 84.3 Å². The summed E-state index contributed by atoms with van der Waals surface area (Å²) in [5, 5.41) is 9.87. The van der Waals surface area contributed by atoms with Gasteiger partial charge in [-0.05, 0) is 54.5 Å². The Hall–Kier alpha value is -4.41. The number of ether oxygens (including phenoxy) is 1. The molecule has 0 aliphatic heterocycles. The molecule has 1 amide bonds. The first-order valence-corrected chi connectivity index (χ1v) is 10.0. The molecular weight excluding hydrogens is 454 g/mol. The number of nitrogens with zero attached hydrogens (tertiary/aromatic N) is 3. The number of aromatic nitrogens is 4. The monoisotopic (exact) mass is 469 g/mol. The van der Waals surface area contributed by atoms with Crippen molar-refractivity contribution in [3.63, 3.8) is 0 Å². The standard InChI is InChI=1S/C23H15F4N5O2/c24-18-9-13(20-12-28-21-8-7-19(32(20)21)14-10-29-30-11-14)1-6-17(18)22(33)31-15-2-4-16(5-3-15)34-23(25,26)27/h2-12H,1H2,(H,29,30)(H,31,33). The number of carbonyl (C=O) groups excluding carboxylic acids is 1. The van der Waals surface area contributed by atoms with Crippen LogP contribution < -0.4 is 15.4 Å². The minimum atomic E-state index is -4.82. The fraction of sp³-hybridized carbons (Fsp3) is 0.0870. The summed E-state index contributed by atoms with van der Waals surface area (Å²) >= 11 is 0. The van der Waals surface area contributed by atoms with Gasteiger partial charge in [0, 0.05) is 17.4 Å². The van der Waals surface area contributed by atoms with Crippen LogP contribution in [0.5, 0.6) is 5.75 Å². The van der Waals surface area contributed by atoms with Crippen molar-refractivity contribution >= 4 is 22.8 Å². The molecule has 0 spiro atoms. The molecule has 34 heavy (non-hydrogen) atoms. The molecular formula is C23H15F4N5O2. The maximum absolute atomic E-state index is 14.9. The molecule has 1 aliphatic rings. The fourth-order valence-electron chi connectivity index (χ4n) is 3.72. The largest absolute Gasteiger partial charge is 0.573 e. The Morgan fingerprint density at radius 3 is 2.59 bits per heavy atom. The van der Waals surface area contributed by atoms with Gasteiger partial charge in [0.25, 0.3) is 5.91 Å². The number of benzene rings is 1. The molecule has 11 heteroatoms. The van der Waals surface area contributed by atoms with Gasteiger partial charge in [0.2, 0.25) is 0 Å². The molecule has 0 atom stereocenters. The highest BCUT2D eigenvalue weighted by atomic mass is 19.4. The zero-order chi connectivity index (χ0) is 23.9. The van der Waals surface area contributed by atoms with E-state index < -0.39 is 23.8 Å². The number of imidazole rings is 1. The quantitative estimate of drug-likeness (QED) is 0.436. The van der Waals surface area contributed by atoms with Gasteiger partial charge in [-0.25, -0.2) is 9.37 Å². The van der Waals surface area contributed by atoms with Crippen LogP contribution in [0, 0.1) is 0 Å². The second kappa shape index (κ2) is 8.18. The molecule has 0 bridgehead atoms. The highest BCUT2D eigenvalue weighted by Crippen LogP contribution is 2.27. The van der Waals surface area contributed by atoms with Crippen molar-refractivity contribution in [3.05, 3.63) is 83.9 Å². The predicted octanol–water partition coefficient (Wildman–Crippen LogP) is 4.31. The lowest BCUT2D eigenvalue weighted by atomic mass is 10.00. The van der Waals surface area contributed by atoms with E-state index in [1.807, 2.05) is 16.5 Å². The summed E-state index contributed by atoms with van der Waals surface area (Å²) in [4.78, 5) is 16.9. The van der Waals surface area contributed by atoms with Crippen molar-refractivity contribution in [2.24, 2.45) is 0 Å². The lowest BCUT2D eigenvalue weighted by Crippen LogP contribution is -2.19. The summed E-state index contributed by atoms with van der Waals surface area (Å²) < 4.78 is 57.4. The summed E-state index contributed by atoms with van der Waals surface area (Å²) in [6.45, 7) is 0. The van der Waals surface area contributed by atoms with Crippen molar-refractivity contribution < 1.29 is 27.1 Å². The molecule has 172 valence electrons. The zero-order valence-corrected chi connectivity index (χ0v) is 17.2. The van der Waals surface area contributed by atoms with Gasteiger partial charge in [-0.1, -0.05) is 6.08 Å². The second-order valence-corrected chi connectivity index (χ2v) is 7.41. The van der Waals surface area contributed by atoms with Crippen molar-refractivity contribution in [2.45, 2.75) is 12.8 Å². The van der Waals surface area contributed by atoms with Gasteiger partial charge < -0.3 is 10.1 Å². The molecule has 3 heterocycles. The normalized spacial score (nSPS) is 15.8. The molecule has 0 fully saturated rings. The molecule has 5 rings (SSSR count). The van der Waals surface area contributed by atoms with Crippen LogP contribution in [0.1, 0.15) is 6.42 Å². The van der Waals surface area contributed by atoms with Crippen LogP contribution in [-0.4, -0.2) is 31.9 Å². The number of halogens is 4. The number of allylic oxidation sites excluding steroid dienone is 2. The van der Waals surface area contributed by atoms with Crippen LogP contribution in [0.15, 0.2) is 78.5 Å². The fourth-order valence-corrected chi connectivity index (χ4v) is 3.72. The number of amides is 1. The Balaban J connectivity index is 1.38. The second-order valence-electron chi connectivity index (χ2n) is 7.41. The van der Waals surface area contributed by atoms with Crippen LogP contribution in [0.3, 0.4) is 0 Å². The minimum absolute atomic E-state index is 0.169. The molecule has 0 saturated heterocycles. The van der Waals surface area contributed by atoms with E-state index in [-0.39, 0.29) is 17.7 Å². The van der Waals surface area contributed by atoms with Crippen LogP contribution in [0.4, 0.5) is 23.2 Å². The maximum atomic E-state index is 14.9. The molecule has 0 unspecified atom stereocenters. The molecule has 2 N–H and O–H groups in total. The SMILES string of the molecule is O=C(Nc1ccc(OC(F)(F)F)cc1)C1=CCC(=c2cnc3ccc(-c4cn[nH]c4)n23)C=C1F. The lowest BCUT2D eigenvalue weighted by molar-refractivity contribution is -0.274. The van der Waals surface area contributed by atoms with Crippen LogP contribution >= 0.6 is 0 Å². The smallest absolute Gasteiger partial charge is 0.406 e. The van der Waals surface area contributed by atoms with Gasteiger partial charge in [0.05, 0.1) is 29.0 Å². The number of nitrogens with one attached hydrogen (secondary N) is 2. The van der Waals surface area contributed by atoms with E-state index in [0.717, 1.165) is 23.4 Å². The highest BCUT2D eigenvalue weighted by Gasteiger charge is 2.31. The number of carbonyl (C=O) groups is 1. The number of fused-ring (bicyclic) bond motifs is 1. The maximum Gasteiger partial charge on any atom is 0.573 e. The molecule has 1 aliphatic carbocycles. The van der Waals surface area contributed by atoms with Crippen LogP contribution in [0.25, 0.3) is 22.5 Å². The first-order valence-electron chi connectivity index (χ1n) is 10.0. The first kappa shape index (κ1) is 21.4. The van der Waals surface area contributed by atoms with E-state index in [1.165, 1.54) is 24.3 Å². The summed E-state index contributed by atoms with van der Waals surface area (Å²) in [7, 11) is 0. The Labute approximate surface area is 189 Å². The van der Waals surface area contributed by atoms with Gasteiger partial charge in [-0.3, -0.25) is 14.3 Å². The number of anilines is 1. The third-order valence-electron chi connectivity index (χ3n) is 5.22. The summed E-state index contributed by atoms with van der Waals surface area (Å²) in [6.07, 6.45) is 3.25. The van der Waals surface area contributed by atoms with Gasteiger partial charge in [0.15, 0.2) is 0 Å². The van der Waals surface area contributed by atoms with Gasteiger partial charge in [-0.15, -0.1) is 13.2 Å². The number of aromatic amines is 1. The molecule has 3 aromatic heterocycles. The number of hydrogen-bond acceptors (Lipinski definition) is 4. The average Bonchev–Trinajstić information content (AvgIpc) is 3.52. The predicted molar refractivity (Wildman–Crippen MR) is 115 cm³/mol. The zero-order valence-electron chi connectivity index (χ0n) is 17.2. The van der Waals surface area contributed by atoms with Crippen LogP contribution in [0.2, 0.25) is 0 Å². The number of rotatable bonds is 4.